The molecule has 1 unspecified atom stereocenters. The predicted molar refractivity (Wildman–Crippen MR) is 128 cm³/mol. The van der Waals surface area contributed by atoms with Crippen LogP contribution < -0.4 is 10.6 Å². The van der Waals surface area contributed by atoms with Gasteiger partial charge in [-0.2, -0.15) is 0 Å². The zero-order valence-electron chi connectivity index (χ0n) is 19.5. The van der Waals surface area contributed by atoms with Crippen LogP contribution in [-0.2, 0) is 14.3 Å². The summed E-state index contributed by atoms with van der Waals surface area (Å²) in [5.41, 5.74) is 4.63. The normalized spacial score (nSPS) is 20.0. The van der Waals surface area contributed by atoms with E-state index in [1.165, 1.54) is 11.1 Å². The first-order chi connectivity index (χ1) is 16.5. The van der Waals surface area contributed by atoms with Gasteiger partial charge < -0.3 is 20.5 Å². The number of hydrogen-bond donors (Lipinski definition) is 3. The highest BCUT2D eigenvalue weighted by Crippen LogP contribution is 2.44. The number of hydrogen-bond acceptors (Lipinski definition) is 4. The molecule has 0 heterocycles. The van der Waals surface area contributed by atoms with Crippen LogP contribution >= 0.6 is 0 Å². The number of aliphatic carboxylic acids is 1. The topological polar surface area (TPSA) is 105 Å². The number of ether oxygens (including phenoxy) is 1. The molecule has 2 aromatic rings. The molecular weight excluding hydrogens is 432 g/mol. The number of nitrogens with one attached hydrogen (secondary N) is 2. The Kier molecular flexibility index (Phi) is 7.50. The summed E-state index contributed by atoms with van der Waals surface area (Å²) in [6.45, 7) is 2.29. The summed E-state index contributed by atoms with van der Waals surface area (Å²) in [5, 5.41) is 15.0. The van der Waals surface area contributed by atoms with Gasteiger partial charge in [-0.3, -0.25) is 9.59 Å². The number of carboxylic acids is 1. The molecule has 2 aliphatic rings. The number of fused-ring (bicyclic) bond motifs is 3. The molecule has 3 atom stereocenters. The van der Waals surface area contributed by atoms with E-state index in [4.69, 9.17) is 4.74 Å². The first kappa shape index (κ1) is 23.8. The predicted octanol–water partition coefficient (Wildman–Crippen LogP) is 4.31. The van der Waals surface area contributed by atoms with E-state index < -0.39 is 23.9 Å². The average molecular weight is 465 g/mol. The molecule has 7 heteroatoms. The summed E-state index contributed by atoms with van der Waals surface area (Å²) < 4.78 is 5.56. The van der Waals surface area contributed by atoms with Crippen LogP contribution in [0.2, 0.25) is 0 Å². The van der Waals surface area contributed by atoms with E-state index in [1.807, 2.05) is 31.2 Å². The Morgan fingerprint density at radius 2 is 1.68 bits per heavy atom. The first-order valence-corrected chi connectivity index (χ1v) is 12.1. The van der Waals surface area contributed by atoms with Gasteiger partial charge in [0.1, 0.15) is 6.61 Å². The Hall–Kier alpha value is -3.35. The Morgan fingerprint density at radius 3 is 2.29 bits per heavy atom. The molecule has 0 bridgehead atoms. The smallest absolute Gasteiger partial charge is 0.407 e. The van der Waals surface area contributed by atoms with Gasteiger partial charge in [0.2, 0.25) is 5.91 Å². The standard InChI is InChI=1S/C27H32N2O5/c1-2-17(25(30)29-19-9-7-8-18(14-19)26(31)32)15-28-27(33)34-16-24-22-12-5-3-10-20(22)21-11-4-6-13-23(21)24/h3-6,10-13,17-19,24H,2,7-9,14-16H2,1H3,(H,28,33)(H,29,30)(H,31,32)/t17?,18-,19+/m0/s1. The second-order valence-electron chi connectivity index (χ2n) is 9.22. The van der Waals surface area contributed by atoms with Gasteiger partial charge in [-0.05, 0) is 47.9 Å². The Balaban J connectivity index is 1.28. The summed E-state index contributed by atoms with van der Waals surface area (Å²) in [5.74, 6) is -1.78. The average Bonchev–Trinajstić information content (AvgIpc) is 3.17. The second-order valence-corrected chi connectivity index (χ2v) is 9.22. The van der Waals surface area contributed by atoms with Crippen LogP contribution in [0.4, 0.5) is 4.79 Å². The fourth-order valence-electron chi connectivity index (χ4n) is 5.14. The number of carbonyl (C=O) groups excluding carboxylic acids is 2. The van der Waals surface area contributed by atoms with Crippen molar-refractivity contribution in [2.45, 2.75) is 51.0 Å². The molecule has 7 nitrogen and oxygen atoms in total. The van der Waals surface area contributed by atoms with Crippen LogP contribution in [-0.4, -0.2) is 42.3 Å². The van der Waals surface area contributed by atoms with Gasteiger partial charge in [-0.15, -0.1) is 0 Å². The molecule has 3 N–H and O–H groups in total. The van der Waals surface area contributed by atoms with Gasteiger partial charge in [0, 0.05) is 18.5 Å². The van der Waals surface area contributed by atoms with Crippen molar-refractivity contribution >= 4 is 18.0 Å². The number of alkyl carbamates (subject to hydrolysis) is 1. The maximum Gasteiger partial charge on any atom is 0.407 e. The molecule has 0 radical (unpaired) electrons. The molecule has 180 valence electrons. The summed E-state index contributed by atoms with van der Waals surface area (Å²) in [6.07, 6.45) is 2.70. The van der Waals surface area contributed by atoms with Crippen LogP contribution in [0.25, 0.3) is 11.1 Å². The molecule has 2 aliphatic carbocycles. The third kappa shape index (κ3) is 5.24. The highest BCUT2D eigenvalue weighted by atomic mass is 16.5. The first-order valence-electron chi connectivity index (χ1n) is 12.1. The van der Waals surface area contributed by atoms with Crippen molar-refractivity contribution in [3.63, 3.8) is 0 Å². The van der Waals surface area contributed by atoms with Gasteiger partial charge in [0.05, 0.1) is 11.8 Å². The quantitative estimate of drug-likeness (QED) is 0.540. The molecule has 1 saturated carbocycles. The van der Waals surface area contributed by atoms with Crippen molar-refractivity contribution in [2.75, 3.05) is 13.2 Å². The molecule has 0 aliphatic heterocycles. The Bertz CT molecular complexity index is 1010. The maximum absolute atomic E-state index is 12.7. The zero-order chi connectivity index (χ0) is 24.1. The van der Waals surface area contributed by atoms with Crippen molar-refractivity contribution in [2.24, 2.45) is 11.8 Å². The number of carbonyl (C=O) groups is 3. The van der Waals surface area contributed by atoms with E-state index in [-0.39, 0.29) is 31.0 Å². The Morgan fingerprint density at radius 1 is 1.03 bits per heavy atom. The summed E-state index contributed by atoms with van der Waals surface area (Å²) in [7, 11) is 0. The van der Waals surface area contributed by atoms with Gasteiger partial charge in [0.25, 0.3) is 0 Å². The number of amides is 2. The molecule has 0 spiro atoms. The van der Waals surface area contributed by atoms with Crippen molar-refractivity contribution in [1.82, 2.24) is 10.6 Å². The summed E-state index contributed by atoms with van der Waals surface area (Å²) in [6, 6.07) is 16.2. The van der Waals surface area contributed by atoms with Crippen molar-refractivity contribution in [3.8, 4) is 11.1 Å². The van der Waals surface area contributed by atoms with E-state index in [1.54, 1.807) is 0 Å². The Labute approximate surface area is 199 Å². The van der Waals surface area contributed by atoms with Gasteiger partial charge >= 0.3 is 12.1 Å². The molecule has 0 saturated heterocycles. The minimum atomic E-state index is -0.803. The highest BCUT2D eigenvalue weighted by Gasteiger charge is 2.31. The fraction of sp³-hybridized carbons (Fsp3) is 0.444. The maximum atomic E-state index is 12.7. The minimum Gasteiger partial charge on any atom is -0.481 e. The van der Waals surface area contributed by atoms with Crippen molar-refractivity contribution in [3.05, 3.63) is 59.7 Å². The number of benzene rings is 2. The lowest BCUT2D eigenvalue weighted by molar-refractivity contribution is -0.143. The molecule has 2 amide bonds. The van der Waals surface area contributed by atoms with Gasteiger partial charge in [-0.25, -0.2) is 4.79 Å². The van der Waals surface area contributed by atoms with E-state index in [2.05, 4.69) is 34.9 Å². The molecule has 2 aromatic carbocycles. The molecule has 4 rings (SSSR count). The van der Waals surface area contributed by atoms with Crippen molar-refractivity contribution < 1.29 is 24.2 Å². The van der Waals surface area contributed by atoms with Crippen LogP contribution in [0.5, 0.6) is 0 Å². The van der Waals surface area contributed by atoms with E-state index in [0.717, 1.165) is 24.0 Å². The van der Waals surface area contributed by atoms with Crippen LogP contribution in [0.1, 0.15) is 56.1 Å². The number of rotatable bonds is 8. The largest absolute Gasteiger partial charge is 0.481 e. The van der Waals surface area contributed by atoms with Gasteiger partial charge in [-0.1, -0.05) is 61.9 Å². The lowest BCUT2D eigenvalue weighted by atomic mass is 9.85. The van der Waals surface area contributed by atoms with Crippen molar-refractivity contribution in [1.29, 1.82) is 0 Å². The monoisotopic (exact) mass is 464 g/mol. The van der Waals surface area contributed by atoms with Crippen LogP contribution in [0, 0.1) is 11.8 Å². The highest BCUT2D eigenvalue weighted by molar-refractivity contribution is 5.81. The fourth-order valence-corrected chi connectivity index (χ4v) is 5.14. The number of carboxylic acid groups (broad SMARTS) is 1. The second kappa shape index (κ2) is 10.7. The van der Waals surface area contributed by atoms with Crippen LogP contribution in [0.15, 0.2) is 48.5 Å². The molecular formula is C27H32N2O5. The van der Waals surface area contributed by atoms with Gasteiger partial charge in [0.15, 0.2) is 0 Å². The van der Waals surface area contributed by atoms with E-state index >= 15 is 0 Å². The minimum absolute atomic E-state index is 0.0168. The third-order valence-electron chi connectivity index (χ3n) is 7.07. The SMILES string of the molecule is CCC(CNC(=O)OCC1c2ccccc2-c2ccccc21)C(=O)N[C@@H]1CCC[C@H](C(=O)O)C1. The van der Waals surface area contributed by atoms with E-state index in [0.29, 0.717) is 19.3 Å². The lowest BCUT2D eigenvalue weighted by Crippen LogP contribution is -2.45. The van der Waals surface area contributed by atoms with E-state index in [9.17, 15) is 19.5 Å². The molecule has 34 heavy (non-hydrogen) atoms. The third-order valence-corrected chi connectivity index (χ3v) is 7.07. The summed E-state index contributed by atoms with van der Waals surface area (Å²) >= 11 is 0. The van der Waals surface area contributed by atoms with Crippen LogP contribution in [0.3, 0.4) is 0 Å². The lowest BCUT2D eigenvalue weighted by Gasteiger charge is -2.28. The molecule has 1 fully saturated rings. The molecule has 0 aromatic heterocycles. The summed E-state index contributed by atoms with van der Waals surface area (Å²) in [4.78, 5) is 36.4. The zero-order valence-corrected chi connectivity index (χ0v) is 19.5.